The molecule has 0 aliphatic carbocycles. The lowest BCUT2D eigenvalue weighted by Crippen LogP contribution is -2.27. The Balaban J connectivity index is 1.87. The van der Waals surface area contributed by atoms with Crippen molar-refractivity contribution in [3.05, 3.63) is 77.3 Å². The van der Waals surface area contributed by atoms with Crippen molar-refractivity contribution >= 4 is 28.1 Å². The van der Waals surface area contributed by atoms with Crippen LogP contribution < -0.4 is 4.90 Å². The lowest BCUT2D eigenvalue weighted by Gasteiger charge is -2.22. The summed E-state index contributed by atoms with van der Waals surface area (Å²) in [7, 11) is 0. The third kappa shape index (κ3) is 3.71. The number of amides is 1. The van der Waals surface area contributed by atoms with E-state index in [1.807, 2.05) is 60.8 Å². The number of carbonyl (C=O) groups excluding carboxylic acids is 1. The maximum absolute atomic E-state index is 13.0. The molecule has 2 aromatic carbocycles. The van der Waals surface area contributed by atoms with Crippen molar-refractivity contribution in [2.75, 3.05) is 4.90 Å². The third-order valence-corrected chi connectivity index (χ3v) is 4.86. The Morgan fingerprint density at radius 1 is 1.08 bits per heavy atom. The second-order valence-corrected chi connectivity index (χ2v) is 6.69. The first-order valence-corrected chi connectivity index (χ1v) is 8.88. The Hall–Kier alpha value is -2.46. The van der Waals surface area contributed by atoms with E-state index in [1.54, 1.807) is 4.90 Å². The Morgan fingerprint density at radius 3 is 2.29 bits per heavy atom. The molecule has 0 radical (unpaired) electrons. The standard InChI is InChI=1S/C20H20N2OS/c1-15(17-9-5-3-6-10-17)13-19(23)22(18-11-7-4-8-12-18)20-21-16(2)14-24-20/h3-12,14-15H,13H2,1-2H3. The minimum absolute atomic E-state index is 0.0619. The van der Waals surface area contributed by atoms with Crippen LogP contribution in [0.1, 0.15) is 30.5 Å². The molecule has 4 heteroatoms. The molecular formula is C20H20N2OS. The molecule has 122 valence electrons. The van der Waals surface area contributed by atoms with Crippen molar-refractivity contribution in [1.82, 2.24) is 4.98 Å². The Labute approximate surface area is 146 Å². The predicted octanol–water partition coefficient (Wildman–Crippen LogP) is 5.31. The van der Waals surface area contributed by atoms with Gasteiger partial charge in [-0.05, 0) is 30.5 Å². The molecule has 0 spiro atoms. The minimum atomic E-state index is 0.0619. The summed E-state index contributed by atoms with van der Waals surface area (Å²) < 4.78 is 0. The monoisotopic (exact) mass is 336 g/mol. The maximum atomic E-state index is 13.0. The second-order valence-electron chi connectivity index (χ2n) is 5.85. The van der Waals surface area contributed by atoms with Gasteiger partial charge in [0, 0.05) is 11.8 Å². The van der Waals surface area contributed by atoms with Gasteiger partial charge in [0.1, 0.15) is 0 Å². The van der Waals surface area contributed by atoms with Crippen molar-refractivity contribution in [2.24, 2.45) is 0 Å². The highest BCUT2D eigenvalue weighted by molar-refractivity contribution is 7.14. The van der Waals surface area contributed by atoms with Gasteiger partial charge in [0.25, 0.3) is 0 Å². The molecule has 1 atom stereocenters. The van der Waals surface area contributed by atoms with E-state index in [2.05, 4.69) is 24.0 Å². The summed E-state index contributed by atoms with van der Waals surface area (Å²) in [5.74, 6) is 0.220. The number of aromatic nitrogens is 1. The molecule has 24 heavy (non-hydrogen) atoms. The van der Waals surface area contributed by atoms with Crippen LogP contribution >= 0.6 is 11.3 Å². The van der Waals surface area contributed by atoms with Gasteiger partial charge in [-0.3, -0.25) is 9.69 Å². The van der Waals surface area contributed by atoms with Gasteiger partial charge >= 0.3 is 0 Å². The summed E-state index contributed by atoms with van der Waals surface area (Å²) in [5, 5.41) is 2.70. The number of hydrogen-bond acceptors (Lipinski definition) is 3. The summed E-state index contributed by atoms with van der Waals surface area (Å²) in [4.78, 5) is 19.3. The van der Waals surface area contributed by atoms with Crippen LogP contribution in [0.25, 0.3) is 0 Å². The van der Waals surface area contributed by atoms with Gasteiger partial charge in [0.15, 0.2) is 5.13 Å². The topological polar surface area (TPSA) is 33.2 Å². The summed E-state index contributed by atoms with van der Waals surface area (Å²) in [6.07, 6.45) is 0.442. The van der Waals surface area contributed by atoms with Crippen molar-refractivity contribution in [3.8, 4) is 0 Å². The van der Waals surface area contributed by atoms with Gasteiger partial charge in [-0.2, -0.15) is 0 Å². The number of thiazole rings is 1. The van der Waals surface area contributed by atoms with Crippen LogP contribution in [0.2, 0.25) is 0 Å². The van der Waals surface area contributed by atoms with E-state index in [-0.39, 0.29) is 11.8 Å². The maximum Gasteiger partial charge on any atom is 0.233 e. The van der Waals surface area contributed by atoms with Gasteiger partial charge in [0.05, 0.1) is 11.4 Å². The lowest BCUT2D eigenvalue weighted by molar-refractivity contribution is -0.118. The molecule has 0 aliphatic heterocycles. The fourth-order valence-electron chi connectivity index (χ4n) is 2.64. The summed E-state index contributed by atoms with van der Waals surface area (Å²) in [5.41, 5.74) is 2.96. The zero-order valence-electron chi connectivity index (χ0n) is 13.8. The van der Waals surface area contributed by atoms with Gasteiger partial charge in [-0.1, -0.05) is 55.5 Å². The number of anilines is 2. The molecule has 0 saturated carbocycles. The molecule has 1 aromatic heterocycles. The number of nitrogens with zero attached hydrogens (tertiary/aromatic N) is 2. The van der Waals surface area contributed by atoms with Gasteiger partial charge in [-0.15, -0.1) is 11.3 Å². The van der Waals surface area contributed by atoms with E-state index in [0.29, 0.717) is 6.42 Å². The number of hydrogen-bond donors (Lipinski definition) is 0. The van der Waals surface area contributed by atoms with Crippen molar-refractivity contribution < 1.29 is 4.79 Å². The normalized spacial score (nSPS) is 11.9. The smallest absolute Gasteiger partial charge is 0.233 e. The largest absolute Gasteiger partial charge is 0.274 e. The number of para-hydroxylation sites is 1. The van der Waals surface area contributed by atoms with E-state index in [4.69, 9.17) is 0 Å². The van der Waals surface area contributed by atoms with Crippen LogP contribution in [-0.4, -0.2) is 10.9 Å². The molecule has 0 saturated heterocycles. The first kappa shape index (κ1) is 16.4. The zero-order valence-corrected chi connectivity index (χ0v) is 14.7. The van der Waals surface area contributed by atoms with Gasteiger partial charge < -0.3 is 0 Å². The average molecular weight is 336 g/mol. The first-order valence-electron chi connectivity index (χ1n) is 8.00. The highest BCUT2D eigenvalue weighted by Crippen LogP contribution is 2.31. The summed E-state index contributed by atoms with van der Waals surface area (Å²) in [6.45, 7) is 4.03. The van der Waals surface area contributed by atoms with Gasteiger partial charge in [-0.25, -0.2) is 4.98 Å². The molecule has 1 heterocycles. The lowest BCUT2D eigenvalue weighted by atomic mass is 9.97. The molecule has 1 amide bonds. The van der Waals surface area contributed by atoms with E-state index < -0.39 is 0 Å². The second kappa shape index (κ2) is 7.41. The summed E-state index contributed by atoms with van der Waals surface area (Å²) in [6, 6.07) is 19.9. The Morgan fingerprint density at radius 2 is 1.71 bits per heavy atom. The van der Waals surface area contributed by atoms with Crippen molar-refractivity contribution in [3.63, 3.8) is 0 Å². The highest BCUT2D eigenvalue weighted by Gasteiger charge is 2.23. The molecule has 3 nitrogen and oxygen atoms in total. The van der Waals surface area contributed by atoms with Crippen LogP contribution in [0.15, 0.2) is 66.0 Å². The first-order chi connectivity index (χ1) is 11.6. The number of carbonyl (C=O) groups is 1. The molecule has 0 aliphatic rings. The van der Waals surface area contributed by atoms with E-state index in [0.717, 1.165) is 16.5 Å². The molecule has 1 unspecified atom stereocenters. The number of aryl methyl sites for hydroxylation is 1. The molecule has 0 N–H and O–H groups in total. The third-order valence-electron chi connectivity index (χ3n) is 3.91. The van der Waals surface area contributed by atoms with E-state index in [1.165, 1.54) is 16.9 Å². The van der Waals surface area contributed by atoms with Gasteiger partial charge in [0.2, 0.25) is 5.91 Å². The predicted molar refractivity (Wildman–Crippen MR) is 99.9 cm³/mol. The van der Waals surface area contributed by atoms with Crippen LogP contribution in [-0.2, 0) is 4.79 Å². The SMILES string of the molecule is Cc1csc(N(C(=O)CC(C)c2ccccc2)c2ccccc2)n1. The number of benzene rings is 2. The van der Waals surface area contributed by atoms with E-state index in [9.17, 15) is 4.79 Å². The van der Waals surface area contributed by atoms with Crippen molar-refractivity contribution in [1.29, 1.82) is 0 Å². The molecule has 0 fully saturated rings. The summed E-state index contributed by atoms with van der Waals surface area (Å²) >= 11 is 1.50. The highest BCUT2D eigenvalue weighted by atomic mass is 32.1. The fraction of sp³-hybridized carbons (Fsp3) is 0.200. The fourth-order valence-corrected chi connectivity index (χ4v) is 3.47. The molecule has 3 rings (SSSR count). The van der Waals surface area contributed by atoms with E-state index >= 15 is 0 Å². The van der Waals surface area contributed by atoms with Crippen LogP contribution in [0, 0.1) is 6.92 Å². The molecule has 3 aromatic rings. The van der Waals surface area contributed by atoms with Crippen LogP contribution in [0.3, 0.4) is 0 Å². The Bertz CT molecular complexity index is 799. The van der Waals surface area contributed by atoms with Crippen molar-refractivity contribution in [2.45, 2.75) is 26.2 Å². The average Bonchev–Trinajstić information content (AvgIpc) is 3.02. The quantitative estimate of drug-likeness (QED) is 0.632. The number of rotatable bonds is 5. The molecular weight excluding hydrogens is 316 g/mol. The minimum Gasteiger partial charge on any atom is -0.274 e. The zero-order chi connectivity index (χ0) is 16.9. The van der Waals surface area contributed by atoms with Crippen LogP contribution in [0.4, 0.5) is 10.8 Å². The Kier molecular flexibility index (Phi) is 5.06. The van der Waals surface area contributed by atoms with Crippen LogP contribution in [0.5, 0.6) is 0 Å². The molecule has 0 bridgehead atoms.